The molecule has 1 aliphatic heterocycles. The number of aliphatic hydroxyl groups is 1. The summed E-state index contributed by atoms with van der Waals surface area (Å²) in [6.07, 6.45) is 5.94. The van der Waals surface area contributed by atoms with Gasteiger partial charge in [-0.15, -0.1) is 0 Å². The van der Waals surface area contributed by atoms with Gasteiger partial charge in [0.15, 0.2) is 0 Å². The molecule has 3 nitrogen and oxygen atoms in total. The van der Waals surface area contributed by atoms with Crippen molar-refractivity contribution in [2.45, 2.75) is 56.7 Å². The monoisotopic (exact) mass is 295 g/mol. The molecule has 1 heterocycles. The molecule has 0 amide bonds. The molecular weight excluding hydrogens is 274 g/mol. The number of halogens is 1. The number of benzene rings is 1. The first kappa shape index (κ1) is 14.2. The third-order valence-electron chi connectivity index (χ3n) is 4.38. The normalized spacial score (nSPS) is 30.2. The van der Waals surface area contributed by atoms with Gasteiger partial charge in [-0.2, -0.15) is 0 Å². The Bertz CT molecular complexity index is 458. The minimum atomic E-state index is -0.104. The maximum absolute atomic E-state index is 9.61. The molecule has 4 heteroatoms. The summed E-state index contributed by atoms with van der Waals surface area (Å²) in [5, 5.41) is 14.1. The zero-order valence-corrected chi connectivity index (χ0v) is 12.4. The summed E-state index contributed by atoms with van der Waals surface area (Å²) in [6, 6.07) is 6.69. The van der Waals surface area contributed by atoms with Crippen LogP contribution in [-0.2, 0) is 0 Å². The van der Waals surface area contributed by atoms with Crippen LogP contribution in [0.1, 0.15) is 50.1 Å². The highest BCUT2D eigenvalue weighted by Gasteiger charge is 2.25. The Morgan fingerprint density at radius 2 is 1.95 bits per heavy atom. The second-order valence-electron chi connectivity index (χ2n) is 5.90. The van der Waals surface area contributed by atoms with Crippen LogP contribution in [0.5, 0.6) is 5.75 Å². The SMILES string of the molecule is OC1CCC(NC2CCCOc3ccc(Cl)cc32)CC1. The average molecular weight is 296 g/mol. The average Bonchev–Trinajstić information content (AvgIpc) is 2.64. The van der Waals surface area contributed by atoms with Crippen LogP contribution in [0.3, 0.4) is 0 Å². The summed E-state index contributed by atoms with van der Waals surface area (Å²) in [6.45, 7) is 0.774. The van der Waals surface area contributed by atoms with E-state index in [0.29, 0.717) is 12.1 Å². The van der Waals surface area contributed by atoms with E-state index >= 15 is 0 Å². The quantitative estimate of drug-likeness (QED) is 0.878. The Kier molecular flexibility index (Phi) is 4.49. The van der Waals surface area contributed by atoms with Crippen LogP contribution in [0.4, 0.5) is 0 Å². The van der Waals surface area contributed by atoms with Crippen molar-refractivity contribution in [3.05, 3.63) is 28.8 Å². The Morgan fingerprint density at radius 1 is 1.15 bits per heavy atom. The van der Waals surface area contributed by atoms with Crippen molar-refractivity contribution in [1.82, 2.24) is 5.32 Å². The maximum Gasteiger partial charge on any atom is 0.124 e. The van der Waals surface area contributed by atoms with E-state index in [-0.39, 0.29) is 6.10 Å². The van der Waals surface area contributed by atoms with E-state index in [2.05, 4.69) is 5.32 Å². The van der Waals surface area contributed by atoms with Crippen LogP contribution in [0.2, 0.25) is 5.02 Å². The molecule has 20 heavy (non-hydrogen) atoms. The van der Waals surface area contributed by atoms with Gasteiger partial charge in [0, 0.05) is 22.7 Å². The van der Waals surface area contributed by atoms with E-state index in [1.54, 1.807) is 0 Å². The molecule has 0 radical (unpaired) electrons. The number of aliphatic hydroxyl groups excluding tert-OH is 1. The number of rotatable bonds is 2. The molecule has 110 valence electrons. The van der Waals surface area contributed by atoms with Crippen molar-refractivity contribution in [3.63, 3.8) is 0 Å². The van der Waals surface area contributed by atoms with Gasteiger partial charge in [-0.25, -0.2) is 0 Å². The molecule has 2 aliphatic rings. The predicted octanol–water partition coefficient (Wildman–Crippen LogP) is 3.45. The standard InChI is InChI=1S/C16H22ClNO2/c17-11-3-8-16-14(10-11)15(2-1-9-20-16)18-12-4-6-13(19)7-5-12/h3,8,10,12-13,15,18-19H,1-2,4-7,9H2. The van der Waals surface area contributed by atoms with E-state index in [1.807, 2.05) is 18.2 Å². The number of ether oxygens (including phenoxy) is 1. The fourth-order valence-corrected chi connectivity index (χ4v) is 3.43. The van der Waals surface area contributed by atoms with Gasteiger partial charge in [0.25, 0.3) is 0 Å². The fraction of sp³-hybridized carbons (Fsp3) is 0.625. The first-order valence-corrected chi connectivity index (χ1v) is 7.96. The van der Waals surface area contributed by atoms with Crippen LogP contribution in [0, 0.1) is 0 Å². The van der Waals surface area contributed by atoms with Gasteiger partial charge in [0.05, 0.1) is 12.7 Å². The molecule has 1 aromatic carbocycles. The summed E-state index contributed by atoms with van der Waals surface area (Å²) >= 11 is 6.14. The molecule has 0 spiro atoms. The highest BCUT2D eigenvalue weighted by molar-refractivity contribution is 6.30. The lowest BCUT2D eigenvalue weighted by molar-refractivity contribution is 0.114. The summed E-state index contributed by atoms with van der Waals surface area (Å²) < 4.78 is 5.80. The summed E-state index contributed by atoms with van der Waals surface area (Å²) in [4.78, 5) is 0. The molecule has 2 N–H and O–H groups in total. The topological polar surface area (TPSA) is 41.5 Å². The molecule has 1 aromatic rings. The molecular formula is C16H22ClNO2. The van der Waals surface area contributed by atoms with E-state index in [4.69, 9.17) is 16.3 Å². The van der Waals surface area contributed by atoms with Gasteiger partial charge in [-0.1, -0.05) is 11.6 Å². The van der Waals surface area contributed by atoms with Crippen LogP contribution in [0.15, 0.2) is 18.2 Å². The van der Waals surface area contributed by atoms with E-state index in [9.17, 15) is 5.11 Å². The molecule has 1 fully saturated rings. The molecule has 1 unspecified atom stereocenters. The van der Waals surface area contributed by atoms with Crippen molar-refractivity contribution in [2.75, 3.05) is 6.61 Å². The maximum atomic E-state index is 9.61. The molecule has 1 atom stereocenters. The van der Waals surface area contributed by atoms with Crippen LogP contribution >= 0.6 is 11.6 Å². The van der Waals surface area contributed by atoms with Gasteiger partial charge in [-0.3, -0.25) is 0 Å². The van der Waals surface area contributed by atoms with Gasteiger partial charge in [0.1, 0.15) is 5.75 Å². The van der Waals surface area contributed by atoms with Crippen molar-refractivity contribution in [2.24, 2.45) is 0 Å². The lowest BCUT2D eigenvalue weighted by Gasteiger charge is -2.30. The van der Waals surface area contributed by atoms with Crippen molar-refractivity contribution in [3.8, 4) is 5.75 Å². The Hall–Kier alpha value is -0.770. The van der Waals surface area contributed by atoms with Gasteiger partial charge in [-0.05, 0) is 56.7 Å². The highest BCUT2D eigenvalue weighted by Crippen LogP contribution is 2.34. The first-order valence-electron chi connectivity index (χ1n) is 7.59. The lowest BCUT2D eigenvalue weighted by Crippen LogP contribution is -2.37. The summed E-state index contributed by atoms with van der Waals surface area (Å²) in [5.41, 5.74) is 1.18. The Morgan fingerprint density at radius 3 is 2.75 bits per heavy atom. The van der Waals surface area contributed by atoms with Crippen LogP contribution in [-0.4, -0.2) is 23.9 Å². The van der Waals surface area contributed by atoms with Crippen LogP contribution in [0.25, 0.3) is 0 Å². The Labute approximate surface area is 125 Å². The number of fused-ring (bicyclic) bond motifs is 1. The van der Waals surface area contributed by atoms with E-state index in [1.165, 1.54) is 5.56 Å². The number of hydrogen-bond donors (Lipinski definition) is 2. The third-order valence-corrected chi connectivity index (χ3v) is 4.61. The smallest absolute Gasteiger partial charge is 0.124 e. The molecule has 1 aliphatic carbocycles. The van der Waals surface area contributed by atoms with Crippen molar-refractivity contribution in [1.29, 1.82) is 0 Å². The van der Waals surface area contributed by atoms with Gasteiger partial charge < -0.3 is 15.2 Å². The fourth-order valence-electron chi connectivity index (χ4n) is 3.25. The van der Waals surface area contributed by atoms with E-state index < -0.39 is 0 Å². The minimum absolute atomic E-state index is 0.104. The zero-order valence-electron chi connectivity index (χ0n) is 11.6. The van der Waals surface area contributed by atoms with Gasteiger partial charge >= 0.3 is 0 Å². The largest absolute Gasteiger partial charge is 0.493 e. The zero-order chi connectivity index (χ0) is 13.9. The van der Waals surface area contributed by atoms with E-state index in [0.717, 1.165) is 55.9 Å². The molecule has 1 saturated carbocycles. The van der Waals surface area contributed by atoms with Crippen LogP contribution < -0.4 is 10.1 Å². The van der Waals surface area contributed by atoms with Crippen molar-refractivity contribution < 1.29 is 9.84 Å². The molecule has 0 aromatic heterocycles. The minimum Gasteiger partial charge on any atom is -0.493 e. The highest BCUT2D eigenvalue weighted by atomic mass is 35.5. The van der Waals surface area contributed by atoms with Gasteiger partial charge in [0.2, 0.25) is 0 Å². The summed E-state index contributed by atoms with van der Waals surface area (Å²) in [5.74, 6) is 0.959. The number of hydrogen-bond acceptors (Lipinski definition) is 3. The number of nitrogens with one attached hydrogen (secondary N) is 1. The molecule has 0 bridgehead atoms. The second kappa shape index (κ2) is 6.33. The first-order chi connectivity index (χ1) is 9.72. The second-order valence-corrected chi connectivity index (χ2v) is 6.33. The third kappa shape index (κ3) is 3.27. The lowest BCUT2D eigenvalue weighted by atomic mass is 9.91. The summed E-state index contributed by atoms with van der Waals surface area (Å²) in [7, 11) is 0. The van der Waals surface area contributed by atoms with Crippen molar-refractivity contribution >= 4 is 11.6 Å². The predicted molar refractivity (Wildman–Crippen MR) is 80.3 cm³/mol. The molecule has 3 rings (SSSR count). The molecule has 0 saturated heterocycles. The Balaban J connectivity index is 1.74.